The second-order valence-electron chi connectivity index (χ2n) is 8.37. The summed E-state index contributed by atoms with van der Waals surface area (Å²) >= 11 is 0. The molecule has 3 heterocycles. The summed E-state index contributed by atoms with van der Waals surface area (Å²) in [4.78, 5) is 7.17. The van der Waals surface area contributed by atoms with Crippen LogP contribution in [0, 0.1) is 6.92 Å². The molecule has 3 aromatic rings. The Labute approximate surface area is 177 Å². The van der Waals surface area contributed by atoms with E-state index in [0.717, 1.165) is 66.9 Å². The van der Waals surface area contributed by atoms with Crippen molar-refractivity contribution in [3.8, 4) is 11.5 Å². The normalized spacial score (nSPS) is 20.3. The van der Waals surface area contributed by atoms with E-state index in [1.165, 1.54) is 11.3 Å². The molecular formula is C25H29N3O2. The molecule has 0 radical (unpaired) electrons. The largest absolute Gasteiger partial charge is 0.486 e. The number of ether oxygens (including phenoxy) is 2. The van der Waals surface area contributed by atoms with Crippen LogP contribution in [0.25, 0.3) is 10.9 Å². The van der Waals surface area contributed by atoms with Crippen LogP contribution in [0.4, 0.5) is 5.69 Å². The van der Waals surface area contributed by atoms with Gasteiger partial charge in [-0.3, -0.25) is 4.98 Å². The predicted molar refractivity (Wildman–Crippen MR) is 121 cm³/mol. The number of fused-ring (bicyclic) bond motifs is 4. The van der Waals surface area contributed by atoms with E-state index < -0.39 is 0 Å². The van der Waals surface area contributed by atoms with Crippen molar-refractivity contribution in [2.45, 2.75) is 44.8 Å². The van der Waals surface area contributed by atoms with Gasteiger partial charge in [0.15, 0.2) is 17.6 Å². The molecule has 0 amide bonds. The number of pyridine rings is 1. The molecule has 1 unspecified atom stereocenters. The van der Waals surface area contributed by atoms with E-state index in [0.29, 0.717) is 12.6 Å². The molecule has 156 valence electrons. The highest BCUT2D eigenvalue weighted by molar-refractivity contribution is 5.88. The molecule has 1 aromatic heterocycles. The molecule has 5 heteroatoms. The van der Waals surface area contributed by atoms with Crippen molar-refractivity contribution in [3.63, 3.8) is 0 Å². The lowest BCUT2D eigenvalue weighted by molar-refractivity contribution is 0.0951. The minimum absolute atomic E-state index is 0.0315. The van der Waals surface area contributed by atoms with Gasteiger partial charge < -0.3 is 20.1 Å². The number of anilines is 1. The Hall–Kier alpha value is -2.79. The molecule has 5 nitrogen and oxygen atoms in total. The quantitative estimate of drug-likeness (QED) is 0.690. The smallest absolute Gasteiger partial charge is 0.171 e. The van der Waals surface area contributed by atoms with Crippen LogP contribution < -0.4 is 20.1 Å². The SMILES string of the molecule is Cc1ccc2c3c(ccc2n1)OC[C@H](CN1c2ccccc2CCC1CCCN)O3. The zero-order valence-electron chi connectivity index (χ0n) is 17.5. The molecule has 2 atom stereocenters. The molecule has 30 heavy (non-hydrogen) atoms. The molecular weight excluding hydrogens is 374 g/mol. The van der Waals surface area contributed by atoms with E-state index in [1.807, 2.05) is 25.1 Å². The van der Waals surface area contributed by atoms with Gasteiger partial charge in [0.2, 0.25) is 0 Å². The fourth-order valence-electron chi connectivity index (χ4n) is 4.77. The lowest BCUT2D eigenvalue weighted by Crippen LogP contribution is -2.48. The zero-order chi connectivity index (χ0) is 20.5. The van der Waals surface area contributed by atoms with E-state index in [2.05, 4.69) is 40.2 Å². The number of benzene rings is 2. The fraction of sp³-hybridized carbons (Fsp3) is 0.400. The van der Waals surface area contributed by atoms with Crippen LogP contribution in [-0.2, 0) is 6.42 Å². The summed E-state index contributed by atoms with van der Waals surface area (Å²) in [6, 6.07) is 17.3. The van der Waals surface area contributed by atoms with Crippen molar-refractivity contribution in [1.82, 2.24) is 4.98 Å². The highest BCUT2D eigenvalue weighted by Gasteiger charge is 2.31. The van der Waals surface area contributed by atoms with E-state index in [9.17, 15) is 0 Å². The number of nitrogens with zero attached hydrogens (tertiary/aromatic N) is 2. The number of hydrogen-bond acceptors (Lipinski definition) is 5. The van der Waals surface area contributed by atoms with Crippen molar-refractivity contribution < 1.29 is 9.47 Å². The summed E-state index contributed by atoms with van der Waals surface area (Å²) in [7, 11) is 0. The van der Waals surface area contributed by atoms with E-state index in [4.69, 9.17) is 15.2 Å². The highest BCUT2D eigenvalue weighted by atomic mass is 16.6. The first-order valence-corrected chi connectivity index (χ1v) is 11.0. The summed E-state index contributed by atoms with van der Waals surface area (Å²) in [5.41, 5.74) is 10.5. The molecule has 0 aliphatic carbocycles. The summed E-state index contributed by atoms with van der Waals surface area (Å²) in [6.45, 7) is 4.11. The molecule has 0 saturated carbocycles. The maximum absolute atomic E-state index is 6.52. The number of para-hydroxylation sites is 1. The molecule has 0 bridgehead atoms. The summed E-state index contributed by atoms with van der Waals surface area (Å²) < 4.78 is 12.6. The first-order chi connectivity index (χ1) is 14.7. The van der Waals surface area contributed by atoms with E-state index in [-0.39, 0.29) is 6.10 Å². The monoisotopic (exact) mass is 403 g/mol. The molecule has 2 aromatic carbocycles. The Morgan fingerprint density at radius 3 is 2.93 bits per heavy atom. The van der Waals surface area contributed by atoms with Crippen molar-refractivity contribution in [3.05, 3.63) is 59.8 Å². The van der Waals surface area contributed by atoms with Crippen LogP contribution in [-0.4, -0.2) is 36.8 Å². The zero-order valence-corrected chi connectivity index (χ0v) is 17.5. The van der Waals surface area contributed by atoms with E-state index >= 15 is 0 Å². The molecule has 0 spiro atoms. The first-order valence-electron chi connectivity index (χ1n) is 11.0. The lowest BCUT2D eigenvalue weighted by atomic mass is 9.92. The molecule has 0 saturated heterocycles. The average Bonchev–Trinajstić information content (AvgIpc) is 2.78. The Kier molecular flexibility index (Phi) is 5.21. The number of aryl methyl sites for hydroxylation is 2. The van der Waals surface area contributed by atoms with Gasteiger partial charge >= 0.3 is 0 Å². The molecule has 2 aliphatic rings. The van der Waals surface area contributed by atoms with Crippen molar-refractivity contribution >= 4 is 16.6 Å². The van der Waals surface area contributed by atoms with Gasteiger partial charge in [0, 0.05) is 22.8 Å². The predicted octanol–water partition coefficient (Wildman–Crippen LogP) is 4.24. The van der Waals surface area contributed by atoms with Gasteiger partial charge in [-0.2, -0.15) is 0 Å². The van der Waals surface area contributed by atoms with Crippen LogP contribution in [0.3, 0.4) is 0 Å². The molecule has 0 fully saturated rings. The maximum Gasteiger partial charge on any atom is 0.171 e. The number of aromatic nitrogens is 1. The van der Waals surface area contributed by atoms with Gasteiger partial charge in [-0.15, -0.1) is 0 Å². The van der Waals surface area contributed by atoms with Crippen molar-refractivity contribution in [2.24, 2.45) is 5.73 Å². The van der Waals surface area contributed by atoms with Crippen LogP contribution in [0.5, 0.6) is 11.5 Å². The third-order valence-corrected chi connectivity index (χ3v) is 6.26. The Balaban J connectivity index is 1.43. The van der Waals surface area contributed by atoms with Gasteiger partial charge in [0.1, 0.15) is 6.61 Å². The summed E-state index contributed by atoms with van der Waals surface area (Å²) in [5, 5.41) is 1.02. The number of rotatable bonds is 5. The molecule has 2 N–H and O–H groups in total. The Bertz CT molecular complexity index is 1050. The van der Waals surface area contributed by atoms with Crippen LogP contribution in [0.2, 0.25) is 0 Å². The summed E-state index contributed by atoms with van der Waals surface area (Å²) in [6.07, 6.45) is 4.41. The van der Waals surface area contributed by atoms with Crippen molar-refractivity contribution in [1.29, 1.82) is 0 Å². The minimum Gasteiger partial charge on any atom is -0.486 e. The topological polar surface area (TPSA) is 60.6 Å². The minimum atomic E-state index is -0.0315. The third-order valence-electron chi connectivity index (χ3n) is 6.26. The average molecular weight is 404 g/mol. The first kappa shape index (κ1) is 19.2. The fourth-order valence-corrected chi connectivity index (χ4v) is 4.77. The lowest BCUT2D eigenvalue weighted by Gasteiger charge is -2.41. The van der Waals surface area contributed by atoms with Gasteiger partial charge in [-0.25, -0.2) is 0 Å². The second-order valence-corrected chi connectivity index (χ2v) is 8.37. The Morgan fingerprint density at radius 2 is 2.03 bits per heavy atom. The Morgan fingerprint density at radius 1 is 1.13 bits per heavy atom. The maximum atomic E-state index is 6.52. The molecule has 5 rings (SSSR count). The van der Waals surface area contributed by atoms with Crippen molar-refractivity contribution in [2.75, 3.05) is 24.6 Å². The van der Waals surface area contributed by atoms with Crippen LogP contribution in [0.15, 0.2) is 48.5 Å². The van der Waals surface area contributed by atoms with Gasteiger partial charge in [0.05, 0.1) is 12.1 Å². The number of nitrogens with two attached hydrogens (primary N) is 1. The number of hydrogen-bond donors (Lipinski definition) is 1. The molecule has 2 aliphatic heterocycles. The van der Waals surface area contributed by atoms with Gasteiger partial charge in [-0.05, 0) is 75.0 Å². The van der Waals surface area contributed by atoms with Crippen LogP contribution >= 0.6 is 0 Å². The third kappa shape index (κ3) is 3.58. The standard InChI is InChI=1S/C25H29N3O2/c1-17-8-11-21-22(27-17)12-13-24-25(21)30-20(16-29-24)15-28-19(6-4-14-26)10-9-18-5-2-3-7-23(18)28/h2-3,5,7-8,11-13,19-20H,4,6,9-10,14-16,26H2,1H3/t19?,20-/m0/s1. The van der Waals surface area contributed by atoms with Crippen LogP contribution in [0.1, 0.15) is 30.5 Å². The summed E-state index contributed by atoms with van der Waals surface area (Å²) in [5.74, 6) is 1.63. The van der Waals surface area contributed by atoms with Gasteiger partial charge in [-0.1, -0.05) is 18.2 Å². The second kappa shape index (κ2) is 8.15. The highest BCUT2D eigenvalue weighted by Crippen LogP contribution is 2.39. The van der Waals surface area contributed by atoms with Gasteiger partial charge in [0.25, 0.3) is 0 Å². The van der Waals surface area contributed by atoms with E-state index in [1.54, 1.807) is 0 Å².